The van der Waals surface area contributed by atoms with Crippen molar-refractivity contribution in [3.63, 3.8) is 0 Å². The van der Waals surface area contributed by atoms with Gasteiger partial charge in [-0.25, -0.2) is 0 Å². The summed E-state index contributed by atoms with van der Waals surface area (Å²) in [4.78, 5) is 0. The minimum absolute atomic E-state index is 0.812. The molecule has 0 radical (unpaired) electrons. The van der Waals surface area contributed by atoms with E-state index in [1.54, 1.807) is 0 Å². The van der Waals surface area contributed by atoms with Crippen molar-refractivity contribution in [1.29, 1.82) is 0 Å². The van der Waals surface area contributed by atoms with Crippen LogP contribution < -0.4 is 0 Å². The van der Waals surface area contributed by atoms with Crippen LogP contribution in [0.3, 0.4) is 0 Å². The van der Waals surface area contributed by atoms with E-state index in [2.05, 4.69) is 18.4 Å². The van der Waals surface area contributed by atoms with Gasteiger partial charge in [0.25, 0.3) is 0 Å². The van der Waals surface area contributed by atoms with E-state index in [9.17, 15) is 0 Å². The molecule has 1 unspecified atom stereocenters. The minimum Gasteiger partial charge on any atom is -0.0819 e. The summed E-state index contributed by atoms with van der Waals surface area (Å²) in [5.41, 5.74) is 0. The first-order chi connectivity index (χ1) is 10.4. The van der Waals surface area contributed by atoms with Gasteiger partial charge in [-0.15, -0.1) is 0 Å². The highest BCUT2D eigenvalue weighted by atomic mass is 33.1. The van der Waals surface area contributed by atoms with E-state index in [1.807, 2.05) is 21.6 Å². The lowest BCUT2D eigenvalue weighted by Gasteiger charge is -2.06. The predicted octanol–water partition coefficient (Wildman–Crippen LogP) is 8.14. The summed E-state index contributed by atoms with van der Waals surface area (Å²) >= 11 is 0. The van der Waals surface area contributed by atoms with Gasteiger partial charge in [-0.05, 0) is 11.8 Å². The highest BCUT2D eigenvalue weighted by Gasteiger charge is 2.09. The summed E-state index contributed by atoms with van der Waals surface area (Å²) in [7, 11) is 3.94. The Morgan fingerprint density at radius 3 is 1.57 bits per heavy atom. The van der Waals surface area contributed by atoms with Crippen LogP contribution in [0.4, 0.5) is 0 Å². The maximum absolute atomic E-state index is 2.37. The summed E-state index contributed by atoms with van der Waals surface area (Å²) in [5, 5.41) is 3.06. The van der Waals surface area contributed by atoms with Crippen LogP contribution in [0.2, 0.25) is 0 Å². The summed E-state index contributed by atoms with van der Waals surface area (Å²) in [5.74, 6) is 0. The zero-order valence-electron chi connectivity index (χ0n) is 14.2. The quantitative estimate of drug-likeness (QED) is 0.220. The van der Waals surface area contributed by atoms with Gasteiger partial charge >= 0.3 is 0 Å². The van der Waals surface area contributed by atoms with Crippen LogP contribution in [-0.2, 0) is 0 Å². The van der Waals surface area contributed by atoms with E-state index in [0.717, 1.165) is 5.25 Å². The van der Waals surface area contributed by atoms with Crippen LogP contribution in [0.1, 0.15) is 103 Å². The Morgan fingerprint density at radius 1 is 0.667 bits per heavy atom. The molecule has 0 aliphatic carbocycles. The molecule has 0 aromatic rings. The van der Waals surface area contributed by atoms with Crippen molar-refractivity contribution >= 4 is 21.6 Å². The maximum atomic E-state index is 2.37. The van der Waals surface area contributed by atoms with Crippen molar-refractivity contribution in [2.75, 3.05) is 0 Å². The molecule has 1 rings (SSSR count). The van der Waals surface area contributed by atoms with E-state index in [1.165, 1.54) is 96.3 Å². The monoisotopic (exact) mass is 328 g/mol. The first kappa shape index (κ1) is 19.5. The Morgan fingerprint density at radius 2 is 1.14 bits per heavy atom. The Labute approximate surface area is 141 Å². The Bertz CT molecular complexity index is 238. The SMILES string of the molecule is CCCCCCCCCCCCCCCCC1C=CSS1. The molecule has 0 N–H and O–H groups in total. The van der Waals surface area contributed by atoms with Gasteiger partial charge in [-0.3, -0.25) is 0 Å². The lowest BCUT2D eigenvalue weighted by atomic mass is 10.0. The lowest BCUT2D eigenvalue weighted by Crippen LogP contribution is -1.93. The minimum atomic E-state index is 0.812. The molecule has 0 saturated carbocycles. The number of hydrogen-bond acceptors (Lipinski definition) is 2. The van der Waals surface area contributed by atoms with Crippen molar-refractivity contribution in [3.8, 4) is 0 Å². The first-order valence-corrected chi connectivity index (χ1v) is 11.7. The Balaban J connectivity index is 1.66. The summed E-state index contributed by atoms with van der Waals surface area (Å²) in [6.07, 6.45) is 24.2. The van der Waals surface area contributed by atoms with Gasteiger partial charge in [0.05, 0.1) is 0 Å². The topological polar surface area (TPSA) is 0 Å². The van der Waals surface area contributed by atoms with E-state index in [-0.39, 0.29) is 0 Å². The second-order valence-corrected chi connectivity index (χ2v) is 8.86. The molecule has 1 aliphatic rings. The van der Waals surface area contributed by atoms with Gasteiger partial charge < -0.3 is 0 Å². The largest absolute Gasteiger partial charge is 0.0819 e. The summed E-state index contributed by atoms with van der Waals surface area (Å²) in [6.45, 7) is 2.30. The third-order valence-corrected chi connectivity index (χ3v) is 6.80. The Hall–Kier alpha value is 0.440. The molecule has 0 saturated heterocycles. The number of hydrogen-bond donors (Lipinski definition) is 0. The second-order valence-electron chi connectivity index (χ2n) is 6.44. The third kappa shape index (κ3) is 12.6. The third-order valence-electron chi connectivity index (χ3n) is 4.37. The molecule has 21 heavy (non-hydrogen) atoms. The van der Waals surface area contributed by atoms with Crippen LogP contribution in [-0.4, -0.2) is 5.25 Å². The van der Waals surface area contributed by atoms with Crippen molar-refractivity contribution in [1.82, 2.24) is 0 Å². The molecule has 1 heterocycles. The smallest absolute Gasteiger partial charge is 0.0342 e. The van der Waals surface area contributed by atoms with Crippen LogP contribution in [0, 0.1) is 0 Å². The highest BCUT2D eigenvalue weighted by Crippen LogP contribution is 2.37. The average molecular weight is 329 g/mol. The molecule has 1 atom stereocenters. The van der Waals surface area contributed by atoms with E-state index >= 15 is 0 Å². The lowest BCUT2D eigenvalue weighted by molar-refractivity contribution is 0.533. The zero-order chi connectivity index (χ0) is 15.0. The second kappa shape index (κ2) is 15.3. The van der Waals surface area contributed by atoms with Crippen molar-refractivity contribution in [2.24, 2.45) is 0 Å². The average Bonchev–Trinajstić information content (AvgIpc) is 3.01. The van der Waals surface area contributed by atoms with Gasteiger partial charge in [0, 0.05) is 5.25 Å². The maximum Gasteiger partial charge on any atom is 0.0342 e. The van der Waals surface area contributed by atoms with Crippen LogP contribution in [0.15, 0.2) is 11.5 Å². The first-order valence-electron chi connectivity index (χ1n) is 9.42. The van der Waals surface area contributed by atoms with Gasteiger partial charge in [-0.2, -0.15) is 0 Å². The standard InChI is InChI=1S/C19H36S2/c1-2-3-4-5-6-7-8-9-10-11-12-13-14-15-16-19-17-18-20-21-19/h17-19H,2-16H2,1H3. The molecule has 0 bridgehead atoms. The fourth-order valence-corrected chi connectivity index (χ4v) is 5.20. The Kier molecular flexibility index (Phi) is 14.2. The fraction of sp³-hybridized carbons (Fsp3) is 0.895. The number of unbranched alkanes of at least 4 members (excludes halogenated alkanes) is 13. The zero-order valence-corrected chi connectivity index (χ0v) is 15.8. The van der Waals surface area contributed by atoms with Crippen molar-refractivity contribution in [3.05, 3.63) is 11.5 Å². The van der Waals surface area contributed by atoms with E-state index in [4.69, 9.17) is 0 Å². The van der Waals surface area contributed by atoms with Gasteiger partial charge in [0.1, 0.15) is 0 Å². The van der Waals surface area contributed by atoms with Crippen molar-refractivity contribution < 1.29 is 0 Å². The number of rotatable bonds is 15. The van der Waals surface area contributed by atoms with Gasteiger partial charge in [0.15, 0.2) is 0 Å². The molecule has 0 aromatic carbocycles. The molecule has 1 aliphatic heterocycles. The molecule has 0 amide bonds. The van der Waals surface area contributed by atoms with Crippen molar-refractivity contribution in [2.45, 2.75) is 108 Å². The molecular formula is C19H36S2. The summed E-state index contributed by atoms with van der Waals surface area (Å²) < 4.78 is 0. The molecule has 0 spiro atoms. The van der Waals surface area contributed by atoms with Gasteiger partial charge in [0.2, 0.25) is 0 Å². The van der Waals surface area contributed by atoms with Crippen LogP contribution >= 0.6 is 21.6 Å². The molecule has 124 valence electrons. The van der Waals surface area contributed by atoms with E-state index in [0.29, 0.717) is 0 Å². The van der Waals surface area contributed by atoms with Crippen LogP contribution in [0.5, 0.6) is 0 Å². The fourth-order valence-electron chi connectivity index (χ4n) is 2.94. The molecular weight excluding hydrogens is 292 g/mol. The molecule has 0 fully saturated rings. The van der Waals surface area contributed by atoms with Gasteiger partial charge in [-0.1, -0.05) is 124 Å². The molecule has 2 heteroatoms. The molecule has 0 nitrogen and oxygen atoms in total. The van der Waals surface area contributed by atoms with Crippen LogP contribution in [0.25, 0.3) is 0 Å². The molecule has 0 aromatic heterocycles. The van der Waals surface area contributed by atoms with E-state index < -0.39 is 0 Å². The predicted molar refractivity (Wildman–Crippen MR) is 103 cm³/mol. The highest BCUT2D eigenvalue weighted by molar-refractivity contribution is 8.78. The summed E-state index contributed by atoms with van der Waals surface area (Å²) in [6, 6.07) is 0. The normalized spacial score (nSPS) is 17.7.